The largest absolute Gasteiger partial charge is 0.448 e. The Labute approximate surface area is 217 Å². The van der Waals surface area contributed by atoms with Crippen LogP contribution in [0.3, 0.4) is 0 Å². The summed E-state index contributed by atoms with van der Waals surface area (Å²) in [6, 6.07) is 1.87. The molecule has 0 amide bonds. The molecule has 5 aliphatic carbocycles. The van der Waals surface area contributed by atoms with E-state index >= 15 is 4.39 Å². The normalized spacial score (nSPS) is 48.8. The molecule has 0 aromatic rings. The minimum Gasteiger partial charge on any atom is -0.448 e. The van der Waals surface area contributed by atoms with E-state index in [1.54, 1.807) is 13.0 Å². The van der Waals surface area contributed by atoms with Gasteiger partial charge in [0.05, 0.1) is 6.10 Å². The Morgan fingerprint density at radius 3 is 2.73 bits per heavy atom. The number of esters is 1. The van der Waals surface area contributed by atoms with Crippen molar-refractivity contribution in [3.8, 4) is 6.07 Å². The van der Waals surface area contributed by atoms with Gasteiger partial charge in [-0.25, -0.2) is 9.18 Å². The number of hydrogen-bond donors (Lipinski definition) is 1. The number of hydrogen-bond acceptors (Lipinski definition) is 7. The van der Waals surface area contributed by atoms with Gasteiger partial charge in [0.2, 0.25) is 0 Å². The van der Waals surface area contributed by atoms with Crippen molar-refractivity contribution in [2.45, 2.75) is 101 Å². The highest BCUT2D eigenvalue weighted by Gasteiger charge is 2.80. The van der Waals surface area contributed by atoms with E-state index in [2.05, 4.69) is 0 Å². The van der Waals surface area contributed by atoms with Crippen molar-refractivity contribution in [2.75, 3.05) is 6.61 Å². The first-order chi connectivity index (χ1) is 17.6. The van der Waals surface area contributed by atoms with E-state index in [-0.39, 0.29) is 24.0 Å². The van der Waals surface area contributed by atoms with E-state index in [0.29, 0.717) is 24.8 Å². The standard InChI is InChI=1S/C29H36FNO6/c1-26-11-10-19(32)14-18(26)8-9-20-21-15-23-29(25(34)35-13-12-31,27(21,2)16-22(33)28(20,26)30)37-24(36-23)17-6-4-3-5-7-17/h10-11,14,17,20-24,33H,3-9,13,15-16H2,1-2H3/t20?,21?,22-,23+,24+,26-,27-,28-,29-/m0/s1. The first kappa shape index (κ1) is 25.2. The lowest BCUT2D eigenvalue weighted by Gasteiger charge is -2.62. The summed E-state index contributed by atoms with van der Waals surface area (Å²) in [5, 5.41) is 20.7. The van der Waals surface area contributed by atoms with Gasteiger partial charge in [0.25, 0.3) is 0 Å². The van der Waals surface area contributed by atoms with Crippen molar-refractivity contribution >= 4 is 11.8 Å². The third-order valence-electron chi connectivity index (χ3n) is 11.0. The third-order valence-corrected chi connectivity index (χ3v) is 11.0. The van der Waals surface area contributed by atoms with Crippen LogP contribution in [0.2, 0.25) is 0 Å². The summed E-state index contributed by atoms with van der Waals surface area (Å²) in [6.45, 7) is 3.28. The zero-order valence-corrected chi connectivity index (χ0v) is 21.6. The highest BCUT2D eigenvalue weighted by Crippen LogP contribution is 2.72. The topological polar surface area (TPSA) is 106 Å². The second-order valence-electron chi connectivity index (χ2n) is 12.5. The molecule has 9 atom stereocenters. The fourth-order valence-corrected chi connectivity index (χ4v) is 9.15. The maximum absolute atomic E-state index is 17.4. The minimum atomic E-state index is -2.00. The van der Waals surface area contributed by atoms with Gasteiger partial charge in [0, 0.05) is 22.7 Å². The average molecular weight is 514 g/mol. The van der Waals surface area contributed by atoms with Crippen LogP contribution < -0.4 is 0 Å². The lowest BCUT2D eigenvalue weighted by atomic mass is 9.45. The van der Waals surface area contributed by atoms with Gasteiger partial charge in [0.15, 0.2) is 29.9 Å². The summed E-state index contributed by atoms with van der Waals surface area (Å²) in [7, 11) is 0. The van der Waals surface area contributed by atoms with E-state index in [9.17, 15) is 14.7 Å². The number of ketones is 1. The summed E-state index contributed by atoms with van der Waals surface area (Å²) in [6.07, 6.45) is 8.63. The van der Waals surface area contributed by atoms with Gasteiger partial charge in [-0.2, -0.15) is 5.26 Å². The lowest BCUT2D eigenvalue weighted by molar-refractivity contribution is -0.242. The Bertz CT molecular complexity index is 1110. The second kappa shape index (κ2) is 8.46. The molecule has 5 fully saturated rings. The molecular weight excluding hydrogens is 477 g/mol. The van der Waals surface area contributed by atoms with E-state index in [4.69, 9.17) is 19.5 Å². The molecule has 2 unspecified atom stereocenters. The molecule has 4 saturated carbocycles. The van der Waals surface area contributed by atoms with E-state index in [1.807, 2.05) is 13.0 Å². The van der Waals surface area contributed by atoms with Crippen molar-refractivity contribution in [1.82, 2.24) is 0 Å². The Hall–Kier alpha value is -2.08. The number of nitrogens with zero attached hydrogens (tertiary/aromatic N) is 1. The number of nitriles is 1. The van der Waals surface area contributed by atoms with Gasteiger partial charge >= 0.3 is 5.97 Å². The zero-order chi connectivity index (χ0) is 26.2. The molecule has 0 bridgehead atoms. The fraction of sp³-hybridized carbons (Fsp3) is 0.759. The Morgan fingerprint density at radius 2 is 2.00 bits per heavy atom. The van der Waals surface area contributed by atoms with Crippen LogP contribution in [0.15, 0.2) is 23.8 Å². The molecule has 1 saturated heterocycles. The number of fused-ring (bicyclic) bond motifs is 7. The number of aliphatic hydroxyl groups is 1. The molecule has 0 radical (unpaired) electrons. The number of allylic oxidation sites excluding steroid dienone is 4. The molecule has 37 heavy (non-hydrogen) atoms. The first-order valence-corrected chi connectivity index (χ1v) is 13.8. The number of carbonyl (C=O) groups excluding carboxylic acids is 2. The van der Waals surface area contributed by atoms with Crippen LogP contribution in [0, 0.1) is 39.9 Å². The van der Waals surface area contributed by atoms with Crippen LogP contribution >= 0.6 is 0 Å². The van der Waals surface area contributed by atoms with Crippen LogP contribution in [-0.4, -0.2) is 53.2 Å². The molecule has 1 aliphatic heterocycles. The van der Waals surface area contributed by atoms with Crippen molar-refractivity contribution in [3.05, 3.63) is 23.8 Å². The van der Waals surface area contributed by atoms with Crippen LogP contribution in [0.5, 0.6) is 0 Å². The number of rotatable bonds is 3. The second-order valence-corrected chi connectivity index (χ2v) is 12.5. The Kier molecular flexibility index (Phi) is 5.76. The summed E-state index contributed by atoms with van der Waals surface area (Å²) < 4.78 is 36.0. The van der Waals surface area contributed by atoms with Crippen molar-refractivity contribution < 1.29 is 33.3 Å². The molecule has 6 aliphatic rings. The molecule has 6 rings (SSSR count). The molecule has 0 aromatic carbocycles. The van der Waals surface area contributed by atoms with E-state index in [1.165, 1.54) is 18.6 Å². The SMILES string of the molecule is C[C@]12C=CC(=O)C=C1CCC1C3C[C@H]4O[C@@H](C5CCCCC5)O[C@@]4(C(=O)OCC#N)[C@@]3(C)C[C@H](O)[C@@]12F. The van der Waals surface area contributed by atoms with Gasteiger partial charge < -0.3 is 19.3 Å². The number of carbonyl (C=O) groups is 2. The summed E-state index contributed by atoms with van der Waals surface area (Å²) >= 11 is 0. The average Bonchev–Trinajstić information content (AvgIpc) is 3.38. The quantitative estimate of drug-likeness (QED) is 0.567. The first-order valence-electron chi connectivity index (χ1n) is 13.8. The van der Waals surface area contributed by atoms with Crippen LogP contribution in [0.25, 0.3) is 0 Å². The van der Waals surface area contributed by atoms with Crippen molar-refractivity contribution in [2.24, 2.45) is 28.6 Å². The maximum Gasteiger partial charge on any atom is 0.342 e. The Morgan fingerprint density at radius 1 is 1.24 bits per heavy atom. The number of alkyl halides is 1. The predicted molar refractivity (Wildman–Crippen MR) is 129 cm³/mol. The van der Waals surface area contributed by atoms with Gasteiger partial charge in [-0.05, 0) is 63.5 Å². The molecule has 0 aromatic heterocycles. The minimum absolute atomic E-state index is 0.00573. The van der Waals surface area contributed by atoms with Gasteiger partial charge in [-0.3, -0.25) is 4.79 Å². The van der Waals surface area contributed by atoms with E-state index < -0.39 is 59.1 Å². The van der Waals surface area contributed by atoms with Gasteiger partial charge in [-0.1, -0.05) is 37.8 Å². The monoisotopic (exact) mass is 513 g/mol. The van der Waals surface area contributed by atoms with Gasteiger partial charge in [0.1, 0.15) is 12.2 Å². The predicted octanol–water partition coefficient (Wildman–Crippen LogP) is 4.09. The summed E-state index contributed by atoms with van der Waals surface area (Å²) in [5.41, 5.74) is -4.85. The highest BCUT2D eigenvalue weighted by atomic mass is 19.1. The zero-order valence-electron chi connectivity index (χ0n) is 21.6. The molecule has 200 valence electrons. The smallest absolute Gasteiger partial charge is 0.342 e. The molecule has 1 heterocycles. The maximum atomic E-state index is 17.4. The molecule has 7 nitrogen and oxygen atoms in total. The van der Waals surface area contributed by atoms with Crippen LogP contribution in [0.1, 0.15) is 71.6 Å². The molecule has 8 heteroatoms. The molecular formula is C29H36FNO6. The van der Waals surface area contributed by atoms with E-state index in [0.717, 1.165) is 25.7 Å². The van der Waals surface area contributed by atoms with Crippen LogP contribution in [0.4, 0.5) is 4.39 Å². The highest BCUT2D eigenvalue weighted by molar-refractivity contribution is 6.01. The van der Waals surface area contributed by atoms with Gasteiger partial charge in [-0.15, -0.1) is 0 Å². The summed E-state index contributed by atoms with van der Waals surface area (Å²) in [4.78, 5) is 25.8. The fourth-order valence-electron chi connectivity index (χ4n) is 9.15. The number of halogens is 1. The van der Waals surface area contributed by atoms with Crippen molar-refractivity contribution in [1.29, 1.82) is 5.26 Å². The third kappa shape index (κ3) is 3.14. The van der Waals surface area contributed by atoms with Crippen LogP contribution in [-0.2, 0) is 23.8 Å². The molecule has 0 spiro atoms. The molecule has 1 N–H and O–H groups in total. The number of aliphatic hydroxyl groups excluding tert-OH is 1. The summed E-state index contributed by atoms with van der Waals surface area (Å²) in [5.74, 6) is -1.51. The van der Waals surface area contributed by atoms with Crippen molar-refractivity contribution in [3.63, 3.8) is 0 Å². The Balaban J connectivity index is 1.40. The lowest BCUT2D eigenvalue weighted by Crippen LogP contribution is -2.69. The number of ether oxygens (including phenoxy) is 3.